The zero-order chi connectivity index (χ0) is 12.0. The summed E-state index contributed by atoms with van der Waals surface area (Å²) in [6.07, 6.45) is 0. The summed E-state index contributed by atoms with van der Waals surface area (Å²) in [5.41, 5.74) is 0. The Kier molecular flexibility index (Phi) is 5.21. The molecule has 0 spiro atoms. The second-order valence-electron chi connectivity index (χ2n) is 3.69. The molecule has 1 saturated heterocycles. The number of hydrogen-bond donors (Lipinski definition) is 2. The molecule has 1 aliphatic rings. The van der Waals surface area contributed by atoms with Gasteiger partial charge in [-0.15, -0.1) is 0 Å². The minimum atomic E-state index is -0.315. The van der Waals surface area contributed by atoms with E-state index in [1.165, 1.54) is 0 Å². The number of carbonyl (C=O) groups excluding carboxylic acids is 2. The van der Waals surface area contributed by atoms with Gasteiger partial charge in [-0.05, 0) is 6.92 Å². The topological polar surface area (TPSA) is 70.7 Å². The smallest absolute Gasteiger partial charge is 0.241 e. The Bertz CT molecular complexity index is 248. The molecule has 1 fully saturated rings. The largest absolute Gasteiger partial charge is 0.380 e. The van der Waals surface area contributed by atoms with E-state index in [9.17, 15) is 9.59 Å². The highest BCUT2D eigenvalue weighted by Crippen LogP contribution is 1.95. The van der Waals surface area contributed by atoms with Crippen molar-refractivity contribution in [3.05, 3.63) is 0 Å². The number of piperazine rings is 1. The lowest BCUT2D eigenvalue weighted by Crippen LogP contribution is -2.58. The molecule has 1 atom stereocenters. The van der Waals surface area contributed by atoms with Gasteiger partial charge in [0, 0.05) is 26.7 Å². The Morgan fingerprint density at radius 1 is 1.62 bits per heavy atom. The molecule has 0 aliphatic carbocycles. The maximum Gasteiger partial charge on any atom is 0.241 e. The van der Waals surface area contributed by atoms with Crippen LogP contribution in [0.25, 0.3) is 0 Å². The minimum absolute atomic E-state index is 0.0142. The van der Waals surface area contributed by atoms with Gasteiger partial charge in [0.05, 0.1) is 13.2 Å². The van der Waals surface area contributed by atoms with Gasteiger partial charge in [-0.2, -0.15) is 0 Å². The van der Waals surface area contributed by atoms with Crippen molar-refractivity contribution < 1.29 is 14.3 Å². The molecule has 2 N–H and O–H groups in total. The second-order valence-corrected chi connectivity index (χ2v) is 3.69. The van der Waals surface area contributed by atoms with Crippen LogP contribution in [0.3, 0.4) is 0 Å². The van der Waals surface area contributed by atoms with Crippen LogP contribution < -0.4 is 10.6 Å². The van der Waals surface area contributed by atoms with Crippen molar-refractivity contribution in [1.82, 2.24) is 15.5 Å². The zero-order valence-electron chi connectivity index (χ0n) is 9.78. The third-order valence-corrected chi connectivity index (χ3v) is 2.46. The number of carbonyl (C=O) groups is 2. The fraction of sp³-hybridized carbons (Fsp3) is 0.800. The molecule has 1 heterocycles. The molecule has 0 aromatic heterocycles. The number of hydrogen-bond acceptors (Lipinski definition) is 4. The van der Waals surface area contributed by atoms with Crippen LogP contribution in [0.4, 0.5) is 0 Å². The predicted octanol–water partition coefficient (Wildman–Crippen LogP) is -1.43. The molecule has 0 aromatic carbocycles. The Labute approximate surface area is 95.3 Å². The van der Waals surface area contributed by atoms with E-state index >= 15 is 0 Å². The number of nitrogens with one attached hydrogen (secondary N) is 2. The molecule has 1 aliphatic heterocycles. The molecule has 6 nitrogen and oxygen atoms in total. The van der Waals surface area contributed by atoms with Crippen molar-refractivity contribution in [1.29, 1.82) is 0 Å². The number of nitrogens with zero attached hydrogens (tertiary/aromatic N) is 1. The molecule has 2 amide bonds. The summed E-state index contributed by atoms with van der Waals surface area (Å²) < 4.78 is 5.17. The average Bonchev–Trinajstić information content (AvgIpc) is 2.29. The van der Waals surface area contributed by atoms with Crippen LogP contribution in [0.2, 0.25) is 0 Å². The fourth-order valence-corrected chi connectivity index (χ4v) is 1.46. The highest BCUT2D eigenvalue weighted by Gasteiger charge is 2.25. The molecule has 0 bridgehead atoms. The molecule has 0 saturated carbocycles. The lowest BCUT2D eigenvalue weighted by atomic mass is 10.2. The van der Waals surface area contributed by atoms with Crippen LogP contribution in [0, 0.1) is 0 Å². The van der Waals surface area contributed by atoms with Crippen molar-refractivity contribution in [2.45, 2.75) is 13.0 Å². The van der Waals surface area contributed by atoms with E-state index in [4.69, 9.17) is 4.74 Å². The molecular weight excluding hydrogens is 210 g/mol. The maximum atomic E-state index is 11.9. The standard InChI is InChI=1S/C10H19N3O3/c1-3-16-5-4-13(2)10(15)8-6-12-9(14)7-11-8/h8,11H,3-7H2,1-2H3,(H,12,14). The van der Waals surface area contributed by atoms with Crippen molar-refractivity contribution in [3.63, 3.8) is 0 Å². The van der Waals surface area contributed by atoms with Gasteiger partial charge < -0.3 is 15.0 Å². The van der Waals surface area contributed by atoms with Crippen molar-refractivity contribution in [2.75, 3.05) is 39.9 Å². The second kappa shape index (κ2) is 6.44. The van der Waals surface area contributed by atoms with Crippen LogP contribution in [0.5, 0.6) is 0 Å². The van der Waals surface area contributed by atoms with Gasteiger partial charge in [-0.3, -0.25) is 14.9 Å². The summed E-state index contributed by atoms with van der Waals surface area (Å²) in [5.74, 6) is -0.0827. The van der Waals surface area contributed by atoms with Crippen molar-refractivity contribution >= 4 is 11.8 Å². The van der Waals surface area contributed by atoms with Gasteiger partial charge in [0.25, 0.3) is 0 Å². The third-order valence-electron chi connectivity index (χ3n) is 2.46. The van der Waals surface area contributed by atoms with E-state index in [2.05, 4.69) is 10.6 Å². The SMILES string of the molecule is CCOCCN(C)C(=O)C1CNC(=O)CN1. The molecule has 1 unspecified atom stereocenters. The highest BCUT2D eigenvalue weighted by molar-refractivity contribution is 5.86. The van der Waals surface area contributed by atoms with Gasteiger partial charge in [0.15, 0.2) is 0 Å². The van der Waals surface area contributed by atoms with E-state index in [0.29, 0.717) is 26.3 Å². The predicted molar refractivity (Wildman–Crippen MR) is 58.9 cm³/mol. The first-order chi connectivity index (χ1) is 7.65. The number of amides is 2. The van der Waals surface area contributed by atoms with E-state index in [-0.39, 0.29) is 24.4 Å². The van der Waals surface area contributed by atoms with Crippen molar-refractivity contribution in [2.24, 2.45) is 0 Å². The maximum absolute atomic E-state index is 11.9. The number of ether oxygens (including phenoxy) is 1. The number of rotatable bonds is 5. The first-order valence-electron chi connectivity index (χ1n) is 5.48. The Morgan fingerprint density at radius 3 is 2.94 bits per heavy atom. The van der Waals surface area contributed by atoms with Crippen LogP contribution in [-0.2, 0) is 14.3 Å². The van der Waals surface area contributed by atoms with Crippen LogP contribution in [0.1, 0.15) is 6.92 Å². The lowest BCUT2D eigenvalue weighted by molar-refractivity contribution is -0.134. The highest BCUT2D eigenvalue weighted by atomic mass is 16.5. The minimum Gasteiger partial charge on any atom is -0.380 e. The molecule has 16 heavy (non-hydrogen) atoms. The van der Waals surface area contributed by atoms with Crippen LogP contribution in [0.15, 0.2) is 0 Å². The summed E-state index contributed by atoms with van der Waals surface area (Å²) >= 11 is 0. The molecule has 1 rings (SSSR count). The summed E-state index contributed by atoms with van der Waals surface area (Å²) in [7, 11) is 1.74. The molecule has 92 valence electrons. The molecule has 0 aromatic rings. The molecule has 6 heteroatoms. The summed E-state index contributed by atoms with van der Waals surface area (Å²) in [5, 5.41) is 5.55. The van der Waals surface area contributed by atoms with Gasteiger partial charge in [-0.1, -0.05) is 0 Å². The quantitative estimate of drug-likeness (QED) is 0.567. The van der Waals surface area contributed by atoms with Crippen LogP contribution in [-0.4, -0.2) is 62.7 Å². The van der Waals surface area contributed by atoms with E-state index in [0.717, 1.165) is 0 Å². The van der Waals surface area contributed by atoms with Gasteiger partial charge in [-0.25, -0.2) is 0 Å². The van der Waals surface area contributed by atoms with E-state index in [1.54, 1.807) is 11.9 Å². The first-order valence-corrected chi connectivity index (χ1v) is 5.48. The molecule has 0 radical (unpaired) electrons. The Morgan fingerprint density at radius 2 is 2.38 bits per heavy atom. The Balaban J connectivity index is 2.29. The van der Waals surface area contributed by atoms with E-state index < -0.39 is 0 Å². The number of likely N-dealkylation sites (N-methyl/N-ethyl adjacent to an activating group) is 1. The average molecular weight is 229 g/mol. The summed E-state index contributed by atoms with van der Waals surface area (Å²) in [6.45, 7) is 4.24. The zero-order valence-corrected chi connectivity index (χ0v) is 9.78. The van der Waals surface area contributed by atoms with Gasteiger partial charge in [0.2, 0.25) is 11.8 Å². The van der Waals surface area contributed by atoms with Crippen LogP contribution >= 0.6 is 0 Å². The van der Waals surface area contributed by atoms with Crippen molar-refractivity contribution in [3.8, 4) is 0 Å². The Hall–Kier alpha value is -1.14. The van der Waals surface area contributed by atoms with E-state index in [1.807, 2.05) is 6.92 Å². The monoisotopic (exact) mass is 229 g/mol. The fourth-order valence-electron chi connectivity index (χ4n) is 1.46. The summed E-state index contributed by atoms with van der Waals surface area (Å²) in [4.78, 5) is 24.4. The summed E-state index contributed by atoms with van der Waals surface area (Å²) in [6, 6.07) is -0.315. The normalized spacial score (nSPS) is 20.4. The van der Waals surface area contributed by atoms with Gasteiger partial charge >= 0.3 is 0 Å². The van der Waals surface area contributed by atoms with Gasteiger partial charge in [0.1, 0.15) is 6.04 Å². The third kappa shape index (κ3) is 3.79. The first kappa shape index (κ1) is 12.9. The molecular formula is C10H19N3O3. The lowest BCUT2D eigenvalue weighted by Gasteiger charge is -2.27.